The highest BCUT2D eigenvalue weighted by atomic mass is 35.5. The van der Waals surface area contributed by atoms with E-state index in [0.717, 1.165) is 17.2 Å². The summed E-state index contributed by atoms with van der Waals surface area (Å²) in [5, 5.41) is 29.8. The average Bonchev–Trinajstić information content (AvgIpc) is 1.61. The van der Waals surface area contributed by atoms with E-state index in [0.29, 0.717) is 25.7 Å². The number of aromatic nitrogens is 2. The normalized spacial score (nSPS) is 34.5. The Hall–Kier alpha value is -7.20. The van der Waals surface area contributed by atoms with E-state index in [1.54, 1.807) is 53.7 Å². The molecule has 30 heteroatoms. The lowest BCUT2D eigenvalue weighted by atomic mass is 9.77. The minimum Gasteiger partial charge on any atom is -0.472 e. The van der Waals surface area contributed by atoms with Crippen LogP contribution in [-0.2, 0) is 38.4 Å². The number of amides is 8. The fourth-order valence-electron chi connectivity index (χ4n) is 15.9. The third-order valence-corrected chi connectivity index (χ3v) is 20.2. The number of carbonyl (C=O) groups is 8. The number of nitrogens with one attached hydrogen (secondary N) is 4. The lowest BCUT2D eigenvalue weighted by molar-refractivity contribution is -0.150. The molecule has 2 spiro atoms. The Morgan fingerprint density at radius 2 is 1.16 bits per heavy atom. The summed E-state index contributed by atoms with van der Waals surface area (Å²) in [5.41, 5.74) is -5.35. The van der Waals surface area contributed by atoms with Gasteiger partial charge in [-0.1, -0.05) is 64.7 Å². The van der Waals surface area contributed by atoms with Gasteiger partial charge in [-0.3, -0.25) is 38.4 Å². The number of alkyl halides is 7. The van der Waals surface area contributed by atoms with Gasteiger partial charge in [0, 0.05) is 38.2 Å². The van der Waals surface area contributed by atoms with Crippen LogP contribution in [0.15, 0.2) is 30.6 Å². The van der Waals surface area contributed by atoms with Gasteiger partial charge >= 0.3 is 11.0 Å². The largest absolute Gasteiger partial charge is 0.472 e. The van der Waals surface area contributed by atoms with Crippen LogP contribution in [0, 0.1) is 86.7 Å². The second kappa shape index (κ2) is 22.1. The van der Waals surface area contributed by atoms with Gasteiger partial charge in [0.15, 0.2) is 23.1 Å². The van der Waals surface area contributed by atoms with Crippen molar-refractivity contribution in [3.8, 4) is 23.6 Å². The van der Waals surface area contributed by atoms with E-state index in [2.05, 4.69) is 37.3 Å². The van der Waals surface area contributed by atoms with Gasteiger partial charge in [-0.2, -0.15) is 23.7 Å². The topological polar surface area (TPSA) is 289 Å². The number of pyridine rings is 2. The third-order valence-electron chi connectivity index (χ3n) is 19.9. The molecule has 6 aliphatic heterocycles. The first-order chi connectivity index (χ1) is 41.2. The van der Waals surface area contributed by atoms with Gasteiger partial charge in [-0.15, -0.1) is 0 Å². The first-order valence-electron chi connectivity index (χ1n) is 29.1. The minimum atomic E-state index is -3.35. The molecule has 472 valence electrons. The summed E-state index contributed by atoms with van der Waals surface area (Å²) in [5.74, 6) is -10.2. The molecule has 4 N–H and O–H groups in total. The number of rotatable bonds is 8. The van der Waals surface area contributed by atoms with Crippen molar-refractivity contribution in [1.29, 1.82) is 10.5 Å². The van der Waals surface area contributed by atoms with Crippen LogP contribution in [-0.4, -0.2) is 174 Å². The van der Waals surface area contributed by atoms with Gasteiger partial charge in [0.1, 0.15) is 54.4 Å². The summed E-state index contributed by atoms with van der Waals surface area (Å²) >= 11 is 10.7. The molecular formula is C58H64Cl2F6N12O10. The van der Waals surface area contributed by atoms with Crippen LogP contribution in [0.3, 0.4) is 0 Å². The first-order valence-corrected chi connectivity index (χ1v) is 29.8. The number of nitrogens with zero attached hydrogens (tertiary/aromatic N) is 8. The number of ether oxygens (including phenoxy) is 2. The van der Waals surface area contributed by atoms with Gasteiger partial charge in [0.05, 0.1) is 31.4 Å². The standard InChI is InChI=1S/C29H31Cl2F3N6O5.C29H33F3N6O5/c1-27(2,3)21(37-26(44)29(30,31)34)24(42)39-10-16-12-4-15(17(33)5-12)19(16)20(39)23(41)40-11-28(7-14(40)8-35)25(43)38-22-18(45-28)6-13(32)9-36-22;1-28(2,3)21(35-24(39)22(31)32)26(41)37-11-16-13-7-15(17(30)8-13)19(16)20(37)25(40)38-12-29(9-14(38)10-33)27(42)36-23-18(43-29)5-4-6-34-23/h6,9,12,14-17,19-21H,4-5,7,10-11H2,1-3H3,(H,37,44)(H,36,38,43);4-6,13-17,19-22H,7-9,11-12H2,1-3H3,(H,35,39)(H,34,36,42). The molecule has 8 amide bonds. The maximum Gasteiger partial charge on any atom is 0.335 e. The first kappa shape index (κ1) is 62.4. The maximum atomic E-state index is 15.2. The molecule has 4 saturated heterocycles. The van der Waals surface area contributed by atoms with Gasteiger partial charge in [-0.05, 0) is 96.0 Å². The SMILES string of the molecule is CC(C)(C)C(NC(=O)C(F)(Cl)Cl)C(=O)N1CC2C3CC(F)C(C3)C2C1C(=O)N1CC2(CC1C#N)Oc1cc(F)cnc1NC2=O.CC(C)(C)C(NC(=O)C(F)F)C(=O)N1CC2C3CC(F)C(C3)C2C1C(=O)N1CC2(CC1C#N)Oc1cccnc1NC2=O. The van der Waals surface area contributed by atoms with Crippen LogP contribution < -0.4 is 30.7 Å². The van der Waals surface area contributed by atoms with Crippen LogP contribution in [0.1, 0.15) is 80.1 Å². The van der Waals surface area contributed by atoms with Crippen LogP contribution in [0.25, 0.3) is 0 Å². The maximum absolute atomic E-state index is 15.2. The van der Waals surface area contributed by atoms with E-state index in [1.165, 1.54) is 20.9 Å². The molecule has 4 saturated carbocycles. The van der Waals surface area contributed by atoms with E-state index in [4.69, 9.17) is 32.7 Å². The molecule has 8 heterocycles. The number of likely N-dealkylation sites (tertiary alicyclic amines) is 4. The molecule has 4 aliphatic carbocycles. The minimum absolute atomic E-state index is 0.0156. The second-order valence-electron chi connectivity index (χ2n) is 27.1. The Morgan fingerprint density at radius 3 is 1.60 bits per heavy atom. The van der Waals surface area contributed by atoms with Gasteiger partial charge in [-0.25, -0.2) is 23.1 Å². The van der Waals surface area contributed by atoms with Crippen molar-refractivity contribution in [2.24, 2.45) is 58.2 Å². The zero-order valence-electron chi connectivity index (χ0n) is 48.5. The number of anilines is 2. The van der Waals surface area contributed by atoms with E-state index >= 15 is 8.78 Å². The molecule has 10 aliphatic rings. The number of nitriles is 2. The van der Waals surface area contributed by atoms with Gasteiger partial charge in [0.2, 0.25) is 34.8 Å². The van der Waals surface area contributed by atoms with E-state index in [1.807, 2.05) is 6.07 Å². The van der Waals surface area contributed by atoms with Crippen molar-refractivity contribution in [3.63, 3.8) is 0 Å². The predicted molar refractivity (Wildman–Crippen MR) is 295 cm³/mol. The Balaban J connectivity index is 0.000000182. The molecule has 18 atom stereocenters. The average molecular weight is 1270 g/mol. The quantitative estimate of drug-likeness (QED) is 0.205. The van der Waals surface area contributed by atoms with Crippen molar-refractivity contribution >= 4 is 82.1 Å². The zero-order valence-corrected chi connectivity index (χ0v) is 50.0. The fraction of sp³-hybridized carbons (Fsp3) is 0.655. The molecule has 18 unspecified atom stereocenters. The monoisotopic (exact) mass is 1270 g/mol. The van der Waals surface area contributed by atoms with Gasteiger partial charge < -0.3 is 50.3 Å². The smallest absolute Gasteiger partial charge is 0.335 e. The Labute approximate surface area is 511 Å². The zero-order chi connectivity index (χ0) is 63.8. The molecule has 0 aromatic carbocycles. The second-order valence-corrected chi connectivity index (χ2v) is 28.4. The van der Waals surface area contributed by atoms with Crippen LogP contribution in [0.2, 0.25) is 0 Å². The highest BCUT2D eigenvalue weighted by Gasteiger charge is 2.68. The molecule has 2 aromatic rings. The number of fused-ring (bicyclic) bond motifs is 12. The Kier molecular flexibility index (Phi) is 15.7. The van der Waals surface area contributed by atoms with Crippen molar-refractivity contribution < 1.29 is 74.2 Å². The number of carbonyl (C=O) groups excluding carboxylic acids is 8. The van der Waals surface area contributed by atoms with Crippen molar-refractivity contribution in [1.82, 2.24) is 40.2 Å². The molecular weight excluding hydrogens is 1210 g/mol. The lowest BCUT2D eigenvalue weighted by Crippen LogP contribution is -2.61. The van der Waals surface area contributed by atoms with Crippen molar-refractivity contribution in [3.05, 3.63) is 36.4 Å². The summed E-state index contributed by atoms with van der Waals surface area (Å²) in [6.07, 6.45) is -2.01. The predicted octanol–water partition coefficient (Wildman–Crippen LogP) is 4.76. The Morgan fingerprint density at radius 1 is 0.705 bits per heavy atom. The molecule has 4 bridgehead atoms. The number of halogens is 8. The third kappa shape index (κ3) is 10.5. The molecule has 22 nitrogen and oxygen atoms in total. The molecule has 12 rings (SSSR count). The van der Waals surface area contributed by atoms with E-state index in [9.17, 15) is 66.4 Å². The Bertz CT molecular complexity index is 3360. The summed E-state index contributed by atoms with van der Waals surface area (Å²) in [6, 6.07) is 0.866. The summed E-state index contributed by atoms with van der Waals surface area (Å²) < 4.78 is 93.5. The molecule has 0 radical (unpaired) electrons. The number of hydrogen-bond acceptors (Lipinski definition) is 14. The summed E-state index contributed by atoms with van der Waals surface area (Å²) in [7, 11) is 0. The summed E-state index contributed by atoms with van der Waals surface area (Å²) in [4.78, 5) is 121. The molecule has 88 heavy (non-hydrogen) atoms. The van der Waals surface area contributed by atoms with Crippen molar-refractivity contribution in [2.45, 2.75) is 151 Å². The highest BCUT2D eigenvalue weighted by Crippen LogP contribution is 2.61. The lowest BCUT2D eigenvalue weighted by Gasteiger charge is -2.39. The summed E-state index contributed by atoms with van der Waals surface area (Å²) in [6.45, 7) is 9.16. The fourth-order valence-corrected chi connectivity index (χ4v) is 16.0. The van der Waals surface area contributed by atoms with Crippen LogP contribution in [0.4, 0.5) is 38.0 Å². The van der Waals surface area contributed by atoms with Crippen LogP contribution >= 0.6 is 23.2 Å². The molecule has 2 aromatic heterocycles. The number of hydrogen-bond donors (Lipinski definition) is 4. The van der Waals surface area contributed by atoms with Crippen LogP contribution in [0.5, 0.6) is 11.5 Å². The van der Waals surface area contributed by atoms with Gasteiger partial charge in [0.25, 0.3) is 23.6 Å². The van der Waals surface area contributed by atoms with Crippen molar-refractivity contribution in [2.75, 3.05) is 36.8 Å². The van der Waals surface area contributed by atoms with E-state index < -0.39 is 165 Å². The van der Waals surface area contributed by atoms with E-state index in [-0.39, 0.29) is 79.3 Å². The molecule has 8 fully saturated rings. The highest BCUT2D eigenvalue weighted by molar-refractivity contribution is 6.56.